The second-order valence-electron chi connectivity index (χ2n) is 10.6. The van der Waals surface area contributed by atoms with Crippen molar-refractivity contribution in [1.29, 1.82) is 0 Å². The van der Waals surface area contributed by atoms with Gasteiger partial charge in [0.15, 0.2) is 0 Å². The lowest BCUT2D eigenvalue weighted by molar-refractivity contribution is -0.00296. The first-order valence-corrected chi connectivity index (χ1v) is 12.2. The molecule has 1 aromatic carbocycles. The Morgan fingerprint density at radius 1 is 1.32 bits per heavy atom. The van der Waals surface area contributed by atoms with Crippen molar-refractivity contribution >= 4 is 17.5 Å². The van der Waals surface area contributed by atoms with Crippen LogP contribution in [0.5, 0.6) is 5.75 Å². The van der Waals surface area contributed by atoms with E-state index in [0.29, 0.717) is 17.9 Å². The molecule has 3 heterocycles. The number of nitrogens with one attached hydrogen (secondary N) is 1. The van der Waals surface area contributed by atoms with Crippen molar-refractivity contribution in [3.63, 3.8) is 0 Å². The fourth-order valence-electron chi connectivity index (χ4n) is 4.68. The van der Waals surface area contributed by atoms with Gasteiger partial charge >= 0.3 is 0 Å². The van der Waals surface area contributed by atoms with Crippen LogP contribution in [0.4, 0.5) is 4.39 Å². The molecule has 2 aliphatic heterocycles. The molecule has 1 unspecified atom stereocenters. The molecule has 1 fully saturated rings. The first-order valence-electron chi connectivity index (χ1n) is 11.9. The highest BCUT2D eigenvalue weighted by molar-refractivity contribution is 6.34. The summed E-state index contributed by atoms with van der Waals surface area (Å²) in [5, 5.41) is 3.72. The van der Waals surface area contributed by atoms with Crippen molar-refractivity contribution in [3.8, 4) is 17.0 Å². The summed E-state index contributed by atoms with van der Waals surface area (Å²) in [5.74, 6) is -0.246. The second-order valence-corrected chi connectivity index (χ2v) is 10.9. The van der Waals surface area contributed by atoms with Gasteiger partial charge in [0.05, 0.1) is 11.7 Å². The highest BCUT2D eigenvalue weighted by Crippen LogP contribution is 2.44. The van der Waals surface area contributed by atoms with E-state index in [9.17, 15) is 9.18 Å². The summed E-state index contributed by atoms with van der Waals surface area (Å²) in [4.78, 5) is 22.3. The van der Waals surface area contributed by atoms with Crippen LogP contribution < -0.4 is 10.1 Å². The smallest absolute Gasteiger partial charge is 0.272 e. The minimum absolute atomic E-state index is 0.0292. The van der Waals surface area contributed by atoms with Gasteiger partial charge < -0.3 is 15.0 Å². The Morgan fingerprint density at radius 2 is 2.03 bits per heavy atom. The minimum atomic E-state index is -0.449. The van der Waals surface area contributed by atoms with Gasteiger partial charge in [0.1, 0.15) is 28.4 Å². The molecular formula is C26H34ClFN4O2. The summed E-state index contributed by atoms with van der Waals surface area (Å²) < 4.78 is 21.6. The van der Waals surface area contributed by atoms with Crippen LogP contribution in [-0.4, -0.2) is 65.6 Å². The molecule has 0 radical (unpaired) electrons. The van der Waals surface area contributed by atoms with Gasteiger partial charge in [-0.25, -0.2) is 9.37 Å². The van der Waals surface area contributed by atoms with Gasteiger partial charge in [-0.2, -0.15) is 0 Å². The molecule has 8 heteroatoms. The molecule has 0 saturated carbocycles. The monoisotopic (exact) mass is 488 g/mol. The summed E-state index contributed by atoms with van der Waals surface area (Å²) in [6.45, 7) is 13.3. The van der Waals surface area contributed by atoms with Crippen LogP contribution in [0.2, 0.25) is 5.02 Å². The van der Waals surface area contributed by atoms with Gasteiger partial charge in [0.25, 0.3) is 5.91 Å². The Labute approximate surface area is 206 Å². The van der Waals surface area contributed by atoms with Gasteiger partial charge in [0, 0.05) is 55.8 Å². The fraction of sp³-hybridized carbons (Fsp3) is 0.538. The molecule has 2 aliphatic rings. The zero-order valence-electron chi connectivity index (χ0n) is 20.8. The van der Waals surface area contributed by atoms with E-state index in [4.69, 9.17) is 21.3 Å². The molecule has 6 nitrogen and oxygen atoms in total. The molecule has 1 saturated heterocycles. The number of benzene rings is 1. The number of aromatic nitrogens is 1. The van der Waals surface area contributed by atoms with Crippen molar-refractivity contribution in [1.82, 2.24) is 20.1 Å². The number of hydrogen-bond donors (Lipinski definition) is 1. The largest absolute Gasteiger partial charge is 0.486 e. The molecule has 2 atom stereocenters. The molecule has 1 N–H and O–H groups in total. The fourth-order valence-corrected chi connectivity index (χ4v) is 4.98. The SMILES string of the molecule is CC(C)N(C)C(=O)c1nc(-c2ccccc2F)c(Cl)c2c1CN1CCNCC1[C@@H](C(C)(C)C)O2. The van der Waals surface area contributed by atoms with Crippen molar-refractivity contribution in [3.05, 3.63) is 46.4 Å². The lowest BCUT2D eigenvalue weighted by Crippen LogP contribution is -2.59. The first-order chi connectivity index (χ1) is 16.0. The Kier molecular flexibility index (Phi) is 6.91. The van der Waals surface area contributed by atoms with E-state index in [1.807, 2.05) is 13.8 Å². The number of amides is 1. The maximum Gasteiger partial charge on any atom is 0.272 e. The van der Waals surface area contributed by atoms with E-state index < -0.39 is 5.82 Å². The van der Waals surface area contributed by atoms with Crippen molar-refractivity contribution in [2.75, 3.05) is 26.7 Å². The third kappa shape index (κ3) is 4.53. The molecule has 184 valence electrons. The summed E-state index contributed by atoms with van der Waals surface area (Å²) in [6, 6.07) is 6.41. The first kappa shape index (κ1) is 24.9. The third-order valence-electron chi connectivity index (χ3n) is 6.82. The molecular weight excluding hydrogens is 455 g/mol. The quantitative estimate of drug-likeness (QED) is 0.684. The van der Waals surface area contributed by atoms with Crippen LogP contribution in [-0.2, 0) is 6.54 Å². The summed E-state index contributed by atoms with van der Waals surface area (Å²) >= 11 is 6.92. The number of carbonyl (C=O) groups is 1. The number of ether oxygens (including phenoxy) is 1. The number of hydrogen-bond acceptors (Lipinski definition) is 5. The van der Waals surface area contributed by atoms with Crippen molar-refractivity contribution in [2.24, 2.45) is 5.41 Å². The topological polar surface area (TPSA) is 57.7 Å². The van der Waals surface area contributed by atoms with E-state index >= 15 is 0 Å². The van der Waals surface area contributed by atoms with Crippen LogP contribution >= 0.6 is 11.6 Å². The third-order valence-corrected chi connectivity index (χ3v) is 7.18. The van der Waals surface area contributed by atoms with Gasteiger partial charge in [-0.15, -0.1) is 0 Å². The number of fused-ring (bicyclic) bond motifs is 2. The number of halogens is 2. The minimum Gasteiger partial charge on any atom is -0.486 e. The maximum absolute atomic E-state index is 14.8. The average Bonchev–Trinajstić information content (AvgIpc) is 2.96. The molecule has 1 amide bonds. The number of rotatable bonds is 3. The number of nitrogens with zero attached hydrogens (tertiary/aromatic N) is 3. The molecule has 2 aromatic rings. The van der Waals surface area contributed by atoms with Gasteiger partial charge in [-0.3, -0.25) is 9.69 Å². The summed E-state index contributed by atoms with van der Waals surface area (Å²) in [6.07, 6.45) is -0.194. The van der Waals surface area contributed by atoms with Crippen molar-refractivity contribution < 1.29 is 13.9 Å². The second kappa shape index (κ2) is 9.44. The number of carbonyl (C=O) groups excluding carboxylic acids is 1. The van der Waals surface area contributed by atoms with Gasteiger partial charge in [0.2, 0.25) is 0 Å². The van der Waals surface area contributed by atoms with Gasteiger partial charge in [-0.1, -0.05) is 44.5 Å². The number of piperazine rings is 1. The highest BCUT2D eigenvalue weighted by Gasteiger charge is 2.43. The molecule has 1 aromatic heterocycles. The zero-order chi connectivity index (χ0) is 24.8. The van der Waals surface area contributed by atoms with Crippen LogP contribution in [0.15, 0.2) is 24.3 Å². The van der Waals surface area contributed by atoms with Crippen LogP contribution in [0.1, 0.15) is 50.7 Å². The normalized spacial score (nSPS) is 20.9. The highest BCUT2D eigenvalue weighted by atomic mass is 35.5. The standard InChI is InChI=1S/C26H34ClFN4O2/c1-15(2)31(6)25(33)22-17-14-32-12-11-29-13-19(32)24(26(3,4)5)34-23(17)20(27)21(30-22)16-9-7-8-10-18(16)28/h7-10,15,19,24,29H,11-14H2,1-6H3/t19?,24-/m0/s1. The average molecular weight is 489 g/mol. The van der Waals surface area contributed by atoms with Crippen LogP contribution in [0, 0.1) is 11.2 Å². The molecule has 0 bridgehead atoms. The lowest BCUT2D eigenvalue weighted by atomic mass is 9.83. The van der Waals surface area contributed by atoms with Gasteiger partial charge in [-0.05, 0) is 26.0 Å². The Hall–Kier alpha value is -2.22. The Balaban J connectivity index is 1.98. The number of pyridine rings is 1. The van der Waals surface area contributed by atoms with E-state index in [1.54, 1.807) is 30.1 Å². The molecule has 4 rings (SSSR count). The molecule has 0 spiro atoms. The van der Waals surface area contributed by atoms with Crippen molar-refractivity contribution in [2.45, 2.75) is 59.4 Å². The van der Waals surface area contributed by atoms with Crippen LogP contribution in [0.25, 0.3) is 11.3 Å². The predicted octanol–water partition coefficient (Wildman–Crippen LogP) is 4.60. The maximum atomic E-state index is 14.8. The molecule has 0 aliphatic carbocycles. The van der Waals surface area contributed by atoms with E-state index in [-0.39, 0.29) is 51.5 Å². The lowest BCUT2D eigenvalue weighted by Gasteiger charge is -2.43. The summed E-state index contributed by atoms with van der Waals surface area (Å²) in [7, 11) is 1.75. The zero-order valence-corrected chi connectivity index (χ0v) is 21.5. The Morgan fingerprint density at radius 3 is 2.68 bits per heavy atom. The molecule has 34 heavy (non-hydrogen) atoms. The van der Waals surface area contributed by atoms with E-state index in [1.165, 1.54) is 6.07 Å². The predicted molar refractivity (Wildman–Crippen MR) is 133 cm³/mol. The van der Waals surface area contributed by atoms with E-state index in [0.717, 1.165) is 19.6 Å². The van der Waals surface area contributed by atoms with E-state index in [2.05, 4.69) is 31.0 Å². The van der Waals surface area contributed by atoms with Crippen LogP contribution in [0.3, 0.4) is 0 Å². The Bertz CT molecular complexity index is 1090. The summed E-state index contributed by atoms with van der Waals surface area (Å²) in [5.41, 5.74) is 1.20.